The fourth-order valence-corrected chi connectivity index (χ4v) is 3.36. The molecule has 2 aromatic heterocycles. The molecule has 0 radical (unpaired) electrons. The van der Waals surface area contributed by atoms with E-state index >= 15 is 0 Å². The predicted octanol–water partition coefficient (Wildman–Crippen LogP) is 2.74. The van der Waals surface area contributed by atoms with Crippen LogP contribution in [0.5, 0.6) is 0 Å². The number of carbonyl (C=O) groups is 1. The van der Waals surface area contributed by atoms with Gasteiger partial charge in [0, 0.05) is 18.3 Å². The summed E-state index contributed by atoms with van der Waals surface area (Å²) in [7, 11) is 0. The molecule has 6 nitrogen and oxygen atoms in total. The van der Waals surface area contributed by atoms with Gasteiger partial charge in [-0.2, -0.15) is 0 Å². The van der Waals surface area contributed by atoms with Gasteiger partial charge in [-0.1, -0.05) is 0 Å². The van der Waals surface area contributed by atoms with Crippen LogP contribution < -0.4 is 10.6 Å². The largest absolute Gasteiger partial charge is 0.382 e. The highest BCUT2D eigenvalue weighted by Crippen LogP contribution is 2.37. The van der Waals surface area contributed by atoms with Crippen LogP contribution in [0.4, 0.5) is 20.4 Å². The molecule has 0 amide bonds. The molecule has 1 saturated heterocycles. The van der Waals surface area contributed by atoms with Crippen LogP contribution in [0.1, 0.15) is 34.8 Å². The molecule has 4 rings (SSSR count). The molecular weight excluding hydrogens is 328 g/mol. The number of nitrogen functional groups attached to an aromatic ring is 1. The van der Waals surface area contributed by atoms with Crippen molar-refractivity contribution in [3.63, 3.8) is 0 Å². The van der Waals surface area contributed by atoms with Crippen LogP contribution in [-0.2, 0) is 0 Å². The van der Waals surface area contributed by atoms with Crippen LogP contribution in [0, 0.1) is 11.6 Å². The highest BCUT2D eigenvalue weighted by atomic mass is 19.1. The first-order valence-corrected chi connectivity index (χ1v) is 7.90. The summed E-state index contributed by atoms with van der Waals surface area (Å²) in [6.45, 7) is 0.657. The number of benzene rings is 1. The first kappa shape index (κ1) is 15.5. The van der Waals surface area contributed by atoms with Crippen LogP contribution in [0.25, 0.3) is 5.65 Å². The van der Waals surface area contributed by atoms with E-state index in [1.54, 1.807) is 12.3 Å². The van der Waals surface area contributed by atoms with Crippen molar-refractivity contribution in [2.45, 2.75) is 18.9 Å². The molecule has 1 atom stereocenters. The molecule has 8 heteroatoms. The molecule has 3 heterocycles. The van der Waals surface area contributed by atoms with E-state index in [0.29, 0.717) is 36.3 Å². The Bertz CT molecular complexity index is 971. The molecule has 0 bridgehead atoms. The average molecular weight is 343 g/mol. The van der Waals surface area contributed by atoms with E-state index in [4.69, 9.17) is 5.73 Å². The van der Waals surface area contributed by atoms with Gasteiger partial charge in [0.2, 0.25) is 0 Å². The molecule has 1 fully saturated rings. The van der Waals surface area contributed by atoms with E-state index < -0.39 is 11.6 Å². The van der Waals surface area contributed by atoms with Gasteiger partial charge in [-0.3, -0.25) is 4.79 Å². The maximum Gasteiger partial charge on any atom is 0.170 e. The Morgan fingerprint density at radius 3 is 2.92 bits per heavy atom. The van der Waals surface area contributed by atoms with E-state index in [1.165, 1.54) is 10.6 Å². The van der Waals surface area contributed by atoms with E-state index in [1.807, 2.05) is 4.90 Å². The van der Waals surface area contributed by atoms with E-state index in [2.05, 4.69) is 10.1 Å². The molecule has 25 heavy (non-hydrogen) atoms. The number of anilines is 2. The summed E-state index contributed by atoms with van der Waals surface area (Å²) in [5.41, 5.74) is 6.58. The van der Waals surface area contributed by atoms with Crippen LogP contribution in [-0.4, -0.2) is 27.4 Å². The van der Waals surface area contributed by atoms with E-state index in [9.17, 15) is 13.6 Å². The Hall–Kier alpha value is -3.03. The lowest BCUT2D eigenvalue weighted by atomic mass is 10.0. The number of nitrogens with two attached hydrogens (primary N) is 1. The van der Waals surface area contributed by atoms with Gasteiger partial charge in [0.25, 0.3) is 0 Å². The van der Waals surface area contributed by atoms with Gasteiger partial charge >= 0.3 is 0 Å². The number of nitrogens with zero attached hydrogens (tertiary/aromatic N) is 4. The van der Waals surface area contributed by atoms with Crippen molar-refractivity contribution in [2.24, 2.45) is 0 Å². The summed E-state index contributed by atoms with van der Waals surface area (Å²) in [4.78, 5) is 17.6. The summed E-state index contributed by atoms with van der Waals surface area (Å²) < 4.78 is 29.2. The number of hydrogen-bond acceptors (Lipinski definition) is 5. The van der Waals surface area contributed by atoms with Gasteiger partial charge in [0.1, 0.15) is 23.0 Å². The number of rotatable bonds is 3. The van der Waals surface area contributed by atoms with Gasteiger partial charge in [-0.25, -0.2) is 18.3 Å². The van der Waals surface area contributed by atoms with E-state index in [-0.39, 0.29) is 17.4 Å². The minimum atomic E-state index is -0.474. The quantitative estimate of drug-likeness (QED) is 0.740. The number of carbonyl (C=O) groups excluding carboxylic acids is 1. The molecule has 1 aliphatic heterocycles. The van der Waals surface area contributed by atoms with Crippen molar-refractivity contribution in [2.75, 3.05) is 17.2 Å². The topological polar surface area (TPSA) is 76.5 Å². The van der Waals surface area contributed by atoms with Gasteiger partial charge in [0.15, 0.2) is 17.8 Å². The molecule has 0 unspecified atom stereocenters. The molecule has 0 saturated carbocycles. The van der Waals surface area contributed by atoms with Crippen LogP contribution in [0.3, 0.4) is 0 Å². The lowest BCUT2D eigenvalue weighted by Gasteiger charge is -2.26. The molecule has 0 spiro atoms. The lowest BCUT2D eigenvalue weighted by Crippen LogP contribution is -2.24. The number of hydrogen-bond donors (Lipinski definition) is 1. The molecule has 128 valence electrons. The van der Waals surface area contributed by atoms with Crippen molar-refractivity contribution < 1.29 is 13.6 Å². The van der Waals surface area contributed by atoms with Gasteiger partial charge in [0.05, 0.1) is 6.04 Å². The van der Waals surface area contributed by atoms with Crippen molar-refractivity contribution >= 4 is 23.6 Å². The maximum atomic E-state index is 14.2. The molecule has 3 aromatic rings. The minimum absolute atomic E-state index is 0.105. The smallest absolute Gasteiger partial charge is 0.170 e. The third kappa shape index (κ3) is 2.50. The summed E-state index contributed by atoms with van der Waals surface area (Å²) in [5.74, 6) is -0.240. The average Bonchev–Trinajstić information content (AvgIpc) is 3.19. The van der Waals surface area contributed by atoms with Crippen molar-refractivity contribution in [1.82, 2.24) is 14.6 Å². The number of fused-ring (bicyclic) bond motifs is 1. The first-order chi connectivity index (χ1) is 12.1. The zero-order valence-electron chi connectivity index (χ0n) is 13.2. The normalized spacial score (nSPS) is 17.4. The van der Waals surface area contributed by atoms with Crippen LogP contribution >= 0.6 is 0 Å². The third-order valence-electron chi connectivity index (χ3n) is 4.52. The van der Waals surface area contributed by atoms with E-state index in [0.717, 1.165) is 18.6 Å². The van der Waals surface area contributed by atoms with Gasteiger partial charge in [-0.05, 0) is 37.1 Å². The highest BCUT2D eigenvalue weighted by Gasteiger charge is 2.30. The zero-order valence-corrected chi connectivity index (χ0v) is 13.2. The summed E-state index contributed by atoms with van der Waals surface area (Å²) >= 11 is 0. The molecule has 0 aliphatic carbocycles. The number of aldehydes is 1. The molecule has 1 aliphatic rings. The van der Waals surface area contributed by atoms with Crippen molar-refractivity contribution in [3.05, 3.63) is 53.2 Å². The monoisotopic (exact) mass is 343 g/mol. The second kappa shape index (κ2) is 5.80. The fourth-order valence-electron chi connectivity index (χ4n) is 3.36. The summed E-state index contributed by atoms with van der Waals surface area (Å²) in [6.07, 6.45) is 3.78. The zero-order chi connectivity index (χ0) is 17.6. The Balaban J connectivity index is 1.79. The standard InChI is InChI=1S/C17H15F2N5O/c18-10-3-4-13(19)11(8-10)14-2-1-6-23(14)15-5-7-24-17(21-15)12(9-25)16(20)22-24/h3-5,7-9,14H,1-2,6H2,(H2,20,22)/t14-/m1/s1. The number of aromatic nitrogens is 3. The highest BCUT2D eigenvalue weighted by molar-refractivity contribution is 5.90. The van der Waals surface area contributed by atoms with Gasteiger partial charge < -0.3 is 10.6 Å². The maximum absolute atomic E-state index is 14.2. The summed E-state index contributed by atoms with van der Waals surface area (Å²) in [5, 5.41) is 4.03. The number of halogens is 2. The lowest BCUT2D eigenvalue weighted by molar-refractivity contribution is 0.112. The Morgan fingerprint density at radius 1 is 1.28 bits per heavy atom. The third-order valence-corrected chi connectivity index (χ3v) is 4.52. The van der Waals surface area contributed by atoms with Crippen molar-refractivity contribution in [1.29, 1.82) is 0 Å². The second-order valence-electron chi connectivity index (χ2n) is 5.99. The predicted molar refractivity (Wildman–Crippen MR) is 88.5 cm³/mol. The Labute approximate surface area is 141 Å². The van der Waals surface area contributed by atoms with Gasteiger partial charge in [-0.15, -0.1) is 5.10 Å². The molecule has 2 N–H and O–H groups in total. The first-order valence-electron chi connectivity index (χ1n) is 7.90. The Kier molecular flexibility index (Phi) is 3.60. The van der Waals surface area contributed by atoms with Crippen molar-refractivity contribution in [3.8, 4) is 0 Å². The minimum Gasteiger partial charge on any atom is -0.382 e. The van der Waals surface area contributed by atoms with Crippen LogP contribution in [0.2, 0.25) is 0 Å². The van der Waals surface area contributed by atoms with Crippen LogP contribution in [0.15, 0.2) is 30.5 Å². The Morgan fingerprint density at radius 2 is 2.12 bits per heavy atom. The fraction of sp³-hybridized carbons (Fsp3) is 0.235. The molecule has 1 aromatic carbocycles. The summed E-state index contributed by atoms with van der Waals surface area (Å²) in [6, 6.07) is 4.88. The molecular formula is C17H15F2N5O. The SMILES string of the molecule is Nc1nn2ccc(N3CCC[C@@H]3c3cc(F)ccc3F)nc2c1C=O. The second-order valence-corrected chi connectivity index (χ2v) is 5.99.